The highest BCUT2D eigenvalue weighted by Crippen LogP contribution is 2.45. The van der Waals surface area contributed by atoms with E-state index in [9.17, 15) is 43.5 Å². The summed E-state index contributed by atoms with van der Waals surface area (Å²) in [5.41, 5.74) is 0. The van der Waals surface area contributed by atoms with Gasteiger partial charge >= 0.3 is 33.6 Å². The molecule has 0 aromatic rings. The summed E-state index contributed by atoms with van der Waals surface area (Å²) in [5, 5.41) is 20.6. The summed E-state index contributed by atoms with van der Waals surface area (Å²) >= 11 is 0. The molecule has 0 aromatic carbocycles. The van der Waals surface area contributed by atoms with Crippen LogP contribution in [-0.4, -0.2) is 95.9 Å². The molecule has 16 nitrogen and oxygen atoms in total. The van der Waals surface area contributed by atoms with E-state index in [1.54, 1.807) is 0 Å². The van der Waals surface area contributed by atoms with Crippen molar-refractivity contribution in [1.82, 2.24) is 0 Å². The van der Waals surface area contributed by atoms with E-state index in [1.165, 1.54) is 109 Å². The van der Waals surface area contributed by atoms with Gasteiger partial charge in [-0.3, -0.25) is 32.5 Å². The van der Waals surface area contributed by atoms with E-state index in [0.717, 1.165) is 148 Å². The second kappa shape index (κ2) is 78.7. The molecule has 0 saturated heterocycles. The predicted octanol–water partition coefficient (Wildman–Crippen LogP) is 24.2. The molecule has 0 bridgehead atoms. The zero-order valence-corrected chi connectivity index (χ0v) is 67.4. The molecule has 0 aliphatic heterocycles. The average molecular weight is 1510 g/mol. The third-order valence-corrected chi connectivity index (χ3v) is 18.6. The molecule has 5 unspecified atom stereocenters. The zero-order valence-electron chi connectivity index (χ0n) is 65.6. The van der Waals surface area contributed by atoms with E-state index in [4.69, 9.17) is 32.3 Å². The third-order valence-electron chi connectivity index (χ3n) is 16.7. The smallest absolute Gasteiger partial charge is 0.463 e. The van der Waals surface area contributed by atoms with Gasteiger partial charge < -0.3 is 34.2 Å². The number of esters is 3. The molecule has 0 rings (SSSR count). The number of carbonyl (C=O) groups is 3. The number of aliphatic hydroxyl groups is 2. The van der Waals surface area contributed by atoms with Crippen LogP contribution < -0.4 is 0 Å². The van der Waals surface area contributed by atoms with Crippen molar-refractivity contribution in [2.75, 3.05) is 39.6 Å². The van der Waals surface area contributed by atoms with Gasteiger partial charge in [-0.15, -0.1) is 0 Å². The molecule has 105 heavy (non-hydrogen) atoms. The van der Waals surface area contributed by atoms with Gasteiger partial charge in [-0.05, 0) is 148 Å². The quantitative estimate of drug-likeness (QED) is 0.0146. The molecule has 0 amide bonds. The van der Waals surface area contributed by atoms with Crippen molar-refractivity contribution < 1.29 is 75.8 Å². The summed E-state index contributed by atoms with van der Waals surface area (Å²) in [7, 11) is -9.81. The first-order valence-corrected chi connectivity index (χ1v) is 43.8. The molecule has 0 spiro atoms. The number of allylic oxidation sites excluding steroid dienone is 26. The molecule has 18 heteroatoms. The standard InChI is InChI=1S/C87H146O16P2/c1-4-7-10-13-16-19-22-25-27-29-31-33-34-35-36-37-38-39-40-41-42-43-44-45-46-48-50-51-53-56-58-61-64-67-70-73-85(90)97-76-82(88)77-99-104(93,94)100-78-83(89)79-101-105(95,96)102-81-84(103-87(92)75-72-69-66-63-60-55-24-21-18-15-12-9-6-3)80-98-86(91)74-71-68-65-62-59-57-54-52-49-47-32-30-28-26-23-20-17-14-11-8-5-2/h7-8,10-11,16-17,19-21,24-28,31-33,35-36,38-39,47,52,54,59,62,82-84,88-89H,4-6,9,12-15,18,22-23,29-30,34,37,40-46,48-51,53,55-58,60-61,63-81H2,1-3H3,(H,93,94)(H,95,96)/b10-7-,11-8-,19-16-,20-17-,24-21-,27-25-,28-26-,33-31-,36-35-,39-38-,47-32-,54-52-,62-59-. The van der Waals surface area contributed by atoms with Gasteiger partial charge in [-0.1, -0.05) is 307 Å². The lowest BCUT2D eigenvalue weighted by Gasteiger charge is -2.21. The van der Waals surface area contributed by atoms with Crippen molar-refractivity contribution in [2.45, 2.75) is 334 Å². The zero-order chi connectivity index (χ0) is 76.6. The topological polar surface area (TPSA) is 231 Å². The number of unbranched alkanes of at least 4 members (excludes halogenated alkanes) is 27. The Labute approximate surface area is 638 Å². The van der Waals surface area contributed by atoms with Gasteiger partial charge in [0.15, 0.2) is 6.10 Å². The van der Waals surface area contributed by atoms with Gasteiger partial charge in [0.1, 0.15) is 25.4 Å². The van der Waals surface area contributed by atoms with Crippen LogP contribution in [0.25, 0.3) is 0 Å². The number of rotatable bonds is 76. The molecule has 4 N–H and O–H groups in total. The van der Waals surface area contributed by atoms with Gasteiger partial charge in [0.2, 0.25) is 0 Å². The molecule has 600 valence electrons. The van der Waals surface area contributed by atoms with Gasteiger partial charge in [0, 0.05) is 19.3 Å². The van der Waals surface area contributed by atoms with Crippen molar-refractivity contribution in [3.63, 3.8) is 0 Å². The highest BCUT2D eigenvalue weighted by molar-refractivity contribution is 7.47. The molecular formula is C87H146O16P2. The summed E-state index contributed by atoms with van der Waals surface area (Å²) < 4.78 is 61.1. The fourth-order valence-corrected chi connectivity index (χ4v) is 12.2. The lowest BCUT2D eigenvalue weighted by Crippen LogP contribution is -2.30. The van der Waals surface area contributed by atoms with Crippen LogP contribution in [0.15, 0.2) is 158 Å². The monoisotopic (exact) mass is 1510 g/mol. The van der Waals surface area contributed by atoms with Crippen molar-refractivity contribution in [3.05, 3.63) is 158 Å². The van der Waals surface area contributed by atoms with E-state index in [0.29, 0.717) is 19.3 Å². The fourth-order valence-electron chi connectivity index (χ4n) is 10.6. The average Bonchev–Trinajstić information content (AvgIpc) is 1.03. The van der Waals surface area contributed by atoms with E-state index < -0.39 is 91.5 Å². The van der Waals surface area contributed by atoms with Crippen LogP contribution in [0.2, 0.25) is 0 Å². The highest BCUT2D eigenvalue weighted by Gasteiger charge is 2.29. The third kappa shape index (κ3) is 80.0. The summed E-state index contributed by atoms with van der Waals surface area (Å²) in [5.74, 6) is -1.64. The molecule has 5 atom stereocenters. The minimum absolute atomic E-state index is 0.0812. The van der Waals surface area contributed by atoms with Gasteiger partial charge in [0.05, 0.1) is 26.4 Å². The van der Waals surface area contributed by atoms with Gasteiger partial charge in [-0.25, -0.2) is 9.13 Å². The maximum absolute atomic E-state index is 12.9. The van der Waals surface area contributed by atoms with Gasteiger partial charge in [-0.2, -0.15) is 0 Å². The first kappa shape index (κ1) is 100. The SMILES string of the molecule is CC/C=C\C/C=C\C/C=C\C/C=C\C/C=C\C/C=C\CCCCCCCCCCCCCCCCCCC(=O)OCC(O)COP(=O)(O)OCC(O)COP(=O)(O)OCC(COC(=O)CCCC/C=C\C/C=C\C/C=C\C/C=C\C/C=C\C/C=C\CC)OC(=O)CCCCCCC/C=C\CCCCCC. The van der Waals surface area contributed by atoms with Crippen molar-refractivity contribution in [2.24, 2.45) is 0 Å². The Kier molecular flexibility index (Phi) is 75.1. The first-order chi connectivity index (χ1) is 51.2. The summed E-state index contributed by atoms with van der Waals surface area (Å²) in [6.45, 7) is 2.37. The summed E-state index contributed by atoms with van der Waals surface area (Å²) in [6.07, 6.45) is 98.9. The minimum Gasteiger partial charge on any atom is -0.463 e. The maximum Gasteiger partial charge on any atom is 0.472 e. The Bertz CT molecular complexity index is 2540. The number of hydrogen-bond donors (Lipinski definition) is 4. The fraction of sp³-hybridized carbons (Fsp3) is 0.667. The predicted molar refractivity (Wildman–Crippen MR) is 435 cm³/mol. The molecule has 0 saturated carbocycles. The normalized spacial score (nSPS) is 14.8. The molecule has 0 aromatic heterocycles. The van der Waals surface area contributed by atoms with Crippen LogP contribution in [0.3, 0.4) is 0 Å². The Morgan fingerprint density at radius 1 is 0.276 bits per heavy atom. The molecule has 0 radical (unpaired) electrons. The van der Waals surface area contributed by atoms with Crippen LogP contribution in [-0.2, 0) is 55.8 Å². The van der Waals surface area contributed by atoms with Crippen LogP contribution in [0.1, 0.15) is 316 Å². The second-order valence-corrected chi connectivity index (χ2v) is 29.7. The number of hydrogen-bond acceptors (Lipinski definition) is 14. The number of carbonyl (C=O) groups excluding carboxylic acids is 3. The van der Waals surface area contributed by atoms with Crippen LogP contribution in [0.4, 0.5) is 0 Å². The Morgan fingerprint density at radius 2 is 0.505 bits per heavy atom. The molecular weight excluding hydrogens is 1360 g/mol. The Morgan fingerprint density at radius 3 is 0.829 bits per heavy atom. The number of phosphoric ester groups is 2. The van der Waals surface area contributed by atoms with Crippen LogP contribution in [0, 0.1) is 0 Å². The Hall–Kier alpha value is -4.83. The van der Waals surface area contributed by atoms with E-state index in [-0.39, 0.29) is 19.3 Å². The number of phosphoric acid groups is 2. The van der Waals surface area contributed by atoms with Crippen molar-refractivity contribution >= 4 is 33.6 Å². The number of ether oxygens (including phenoxy) is 3. The minimum atomic E-state index is -4.94. The van der Waals surface area contributed by atoms with Crippen molar-refractivity contribution in [1.29, 1.82) is 0 Å². The Balaban J connectivity index is 4.43. The van der Waals surface area contributed by atoms with E-state index >= 15 is 0 Å². The lowest BCUT2D eigenvalue weighted by atomic mass is 10.0. The van der Waals surface area contributed by atoms with Crippen molar-refractivity contribution in [3.8, 4) is 0 Å². The summed E-state index contributed by atoms with van der Waals surface area (Å²) in [4.78, 5) is 58.6. The van der Waals surface area contributed by atoms with Crippen LogP contribution in [0.5, 0.6) is 0 Å². The number of aliphatic hydroxyl groups excluding tert-OH is 2. The van der Waals surface area contributed by atoms with Gasteiger partial charge in [0.25, 0.3) is 0 Å². The van der Waals surface area contributed by atoms with E-state index in [1.807, 2.05) is 0 Å². The first-order valence-electron chi connectivity index (χ1n) is 40.8. The molecule has 0 aliphatic rings. The maximum atomic E-state index is 12.9. The van der Waals surface area contributed by atoms with Crippen LogP contribution >= 0.6 is 15.6 Å². The molecule has 0 fully saturated rings. The lowest BCUT2D eigenvalue weighted by molar-refractivity contribution is -0.161. The highest BCUT2D eigenvalue weighted by atomic mass is 31.2. The molecule has 0 heterocycles. The summed E-state index contributed by atoms with van der Waals surface area (Å²) in [6, 6.07) is 0. The molecule has 0 aliphatic carbocycles. The largest absolute Gasteiger partial charge is 0.472 e. The second-order valence-electron chi connectivity index (χ2n) is 26.8. The van der Waals surface area contributed by atoms with E-state index in [2.05, 4.69) is 179 Å².